The number of ketones is 1. The van der Waals surface area contributed by atoms with Crippen LogP contribution in [0, 0.1) is 0 Å². The summed E-state index contributed by atoms with van der Waals surface area (Å²) in [6.45, 7) is 0. The number of carbonyl (C=O) groups excluding carboxylic acids is 2. The van der Waals surface area contributed by atoms with Crippen molar-refractivity contribution in [1.82, 2.24) is 4.90 Å². The SMILES string of the molecule is O=C(O)C(C(=O)C(F)(F)F)N(CP(=O)(O)O)C(=O)C(F)(F)F. The molecule has 1 amide bonds. The van der Waals surface area contributed by atoms with Crippen molar-refractivity contribution in [3.8, 4) is 0 Å². The fourth-order valence-corrected chi connectivity index (χ4v) is 1.86. The van der Waals surface area contributed by atoms with Gasteiger partial charge in [-0.15, -0.1) is 0 Å². The van der Waals surface area contributed by atoms with Crippen molar-refractivity contribution < 1.29 is 60.2 Å². The largest absolute Gasteiger partial charge is 0.479 e. The summed E-state index contributed by atoms with van der Waals surface area (Å²) in [5, 5.41) is 8.45. The quantitative estimate of drug-likeness (QED) is 0.359. The lowest BCUT2D eigenvalue weighted by Crippen LogP contribution is -2.57. The predicted octanol–water partition coefficient (Wildman–Crippen LogP) is 0.0971. The molecule has 0 aliphatic rings. The second-order valence-corrected chi connectivity index (χ2v) is 5.29. The first-order valence-corrected chi connectivity index (χ1v) is 6.54. The van der Waals surface area contributed by atoms with E-state index in [0.717, 1.165) is 0 Å². The third kappa shape index (κ3) is 5.61. The Morgan fingerprint density at radius 1 is 1.00 bits per heavy atom. The van der Waals surface area contributed by atoms with Gasteiger partial charge in [0.2, 0.25) is 0 Å². The normalized spacial score (nSPS) is 14.4. The van der Waals surface area contributed by atoms with Gasteiger partial charge in [0.25, 0.3) is 5.78 Å². The summed E-state index contributed by atoms with van der Waals surface area (Å²) in [6.07, 6.45) is -14.3. The Bertz CT molecular complexity index is 522. The van der Waals surface area contributed by atoms with Gasteiger partial charge >= 0.3 is 31.8 Å². The molecule has 0 radical (unpaired) electrons. The van der Waals surface area contributed by atoms with Crippen LogP contribution in [0.15, 0.2) is 0 Å². The van der Waals surface area contributed by atoms with E-state index in [9.17, 15) is 45.3 Å². The molecule has 15 heteroatoms. The minimum Gasteiger partial charge on any atom is -0.479 e. The Morgan fingerprint density at radius 3 is 1.64 bits per heavy atom. The van der Waals surface area contributed by atoms with Crippen LogP contribution in [0.4, 0.5) is 26.3 Å². The zero-order valence-corrected chi connectivity index (χ0v) is 10.8. The summed E-state index contributed by atoms with van der Waals surface area (Å²) in [4.78, 5) is 47.9. The second kappa shape index (κ2) is 6.22. The Hall–Kier alpha value is -1.66. The number of carbonyl (C=O) groups is 3. The standard InChI is InChI=1S/C7H6F6NO7P/c8-6(9,10)3(15)2(4(16)17)14(1-22(19,20)21)5(18)7(11,12)13/h2H,1H2,(H,16,17)(H2,19,20,21). The van der Waals surface area contributed by atoms with E-state index in [0.29, 0.717) is 0 Å². The van der Waals surface area contributed by atoms with E-state index in [1.165, 1.54) is 0 Å². The third-order valence-corrected chi connectivity index (χ3v) is 2.59. The monoisotopic (exact) mass is 361 g/mol. The van der Waals surface area contributed by atoms with Crippen molar-refractivity contribution in [3.05, 3.63) is 0 Å². The van der Waals surface area contributed by atoms with E-state index < -0.39 is 54.8 Å². The molecule has 0 spiro atoms. The Labute approximate surface area is 116 Å². The first kappa shape index (κ1) is 20.3. The molecule has 128 valence electrons. The van der Waals surface area contributed by atoms with Crippen molar-refractivity contribution in [1.29, 1.82) is 0 Å². The zero-order chi connectivity index (χ0) is 18.1. The van der Waals surface area contributed by atoms with E-state index in [1.54, 1.807) is 0 Å². The number of amides is 1. The molecule has 3 N–H and O–H groups in total. The lowest BCUT2D eigenvalue weighted by Gasteiger charge is -2.29. The van der Waals surface area contributed by atoms with Gasteiger partial charge in [0.1, 0.15) is 6.29 Å². The highest BCUT2D eigenvalue weighted by Gasteiger charge is 2.55. The maximum Gasteiger partial charge on any atom is 0.471 e. The molecule has 0 rings (SSSR count). The van der Waals surface area contributed by atoms with Gasteiger partial charge in [0, 0.05) is 0 Å². The smallest absolute Gasteiger partial charge is 0.471 e. The lowest BCUT2D eigenvalue weighted by atomic mass is 10.1. The molecule has 0 aromatic carbocycles. The molecule has 0 fully saturated rings. The number of Topliss-reactive ketones (excluding diaryl/α,β-unsaturated/α-hetero) is 1. The number of hydrogen-bond donors (Lipinski definition) is 3. The van der Waals surface area contributed by atoms with Gasteiger partial charge in [-0.3, -0.25) is 14.2 Å². The van der Waals surface area contributed by atoms with Crippen LogP contribution in [0.1, 0.15) is 0 Å². The molecule has 0 aliphatic carbocycles. The van der Waals surface area contributed by atoms with Gasteiger partial charge in [0.05, 0.1) is 0 Å². The van der Waals surface area contributed by atoms with E-state index in [1.807, 2.05) is 0 Å². The molecular weight excluding hydrogens is 355 g/mol. The van der Waals surface area contributed by atoms with Crippen molar-refractivity contribution >= 4 is 25.3 Å². The fourth-order valence-electron chi connectivity index (χ4n) is 1.17. The van der Waals surface area contributed by atoms with E-state index >= 15 is 0 Å². The van der Waals surface area contributed by atoms with Gasteiger partial charge in [0.15, 0.2) is 6.04 Å². The van der Waals surface area contributed by atoms with Gasteiger partial charge in [-0.2, -0.15) is 26.3 Å². The van der Waals surface area contributed by atoms with E-state index in [4.69, 9.17) is 14.9 Å². The molecule has 0 heterocycles. The van der Waals surface area contributed by atoms with Crippen LogP contribution in [0.5, 0.6) is 0 Å². The number of carboxylic acids is 1. The van der Waals surface area contributed by atoms with Gasteiger partial charge < -0.3 is 19.8 Å². The number of halogens is 6. The Morgan fingerprint density at radius 2 is 1.41 bits per heavy atom. The molecule has 1 unspecified atom stereocenters. The molecule has 0 bridgehead atoms. The Balaban J connectivity index is 6.00. The minimum atomic E-state index is -5.96. The van der Waals surface area contributed by atoms with Crippen LogP contribution in [-0.2, 0) is 18.9 Å². The molecule has 0 aromatic heterocycles. The Kier molecular flexibility index (Phi) is 5.75. The molecule has 8 nitrogen and oxygen atoms in total. The van der Waals surface area contributed by atoms with Crippen LogP contribution in [-0.4, -0.2) is 62.1 Å². The van der Waals surface area contributed by atoms with Crippen LogP contribution in [0.3, 0.4) is 0 Å². The van der Waals surface area contributed by atoms with Crippen molar-refractivity contribution in [2.24, 2.45) is 0 Å². The predicted molar refractivity (Wildman–Crippen MR) is 52.3 cm³/mol. The molecule has 0 saturated carbocycles. The van der Waals surface area contributed by atoms with Crippen molar-refractivity contribution in [2.45, 2.75) is 18.4 Å². The number of aliphatic carboxylic acids is 1. The van der Waals surface area contributed by atoms with Crippen molar-refractivity contribution in [2.75, 3.05) is 6.29 Å². The molecule has 0 aromatic rings. The fraction of sp³-hybridized carbons (Fsp3) is 0.571. The van der Waals surface area contributed by atoms with Crippen LogP contribution in [0.25, 0.3) is 0 Å². The molecule has 0 saturated heterocycles. The third-order valence-electron chi connectivity index (χ3n) is 1.91. The first-order valence-electron chi connectivity index (χ1n) is 4.74. The van der Waals surface area contributed by atoms with E-state index in [-0.39, 0.29) is 0 Å². The highest BCUT2D eigenvalue weighted by atomic mass is 31.2. The van der Waals surface area contributed by atoms with E-state index in [2.05, 4.69) is 0 Å². The first-order chi connectivity index (χ1) is 9.48. The summed E-state index contributed by atoms with van der Waals surface area (Å²) < 4.78 is 83.9. The summed E-state index contributed by atoms with van der Waals surface area (Å²) in [6, 6.07) is -3.79. The van der Waals surface area contributed by atoms with Crippen LogP contribution >= 0.6 is 7.60 Å². The van der Waals surface area contributed by atoms with Gasteiger partial charge in [-0.05, 0) is 0 Å². The zero-order valence-electron chi connectivity index (χ0n) is 9.92. The number of alkyl halides is 6. The summed E-state index contributed by atoms with van der Waals surface area (Å²) in [5.74, 6) is -9.46. The number of nitrogens with zero attached hydrogens (tertiary/aromatic N) is 1. The summed E-state index contributed by atoms with van der Waals surface area (Å²) >= 11 is 0. The van der Waals surface area contributed by atoms with Gasteiger partial charge in [-0.25, -0.2) is 4.79 Å². The number of hydrogen-bond acceptors (Lipinski definition) is 4. The minimum absolute atomic E-state index is 1.38. The summed E-state index contributed by atoms with van der Waals surface area (Å²) in [7, 11) is -5.61. The molecule has 22 heavy (non-hydrogen) atoms. The lowest BCUT2D eigenvalue weighted by molar-refractivity contribution is -0.196. The number of rotatable bonds is 5. The maximum absolute atomic E-state index is 12.2. The topological polar surface area (TPSA) is 132 Å². The average molecular weight is 361 g/mol. The number of carboxylic acid groups (broad SMARTS) is 1. The van der Waals surface area contributed by atoms with Crippen LogP contribution in [0.2, 0.25) is 0 Å². The molecule has 0 aliphatic heterocycles. The average Bonchev–Trinajstić information content (AvgIpc) is 2.21. The van der Waals surface area contributed by atoms with Crippen molar-refractivity contribution in [3.63, 3.8) is 0 Å². The maximum atomic E-state index is 12.2. The summed E-state index contributed by atoms with van der Waals surface area (Å²) in [5.41, 5.74) is 0. The second-order valence-electron chi connectivity index (χ2n) is 3.68. The highest BCUT2D eigenvalue weighted by molar-refractivity contribution is 7.51. The molecular formula is C7H6F6NO7P. The van der Waals surface area contributed by atoms with Crippen LogP contribution < -0.4 is 0 Å². The van der Waals surface area contributed by atoms with Gasteiger partial charge in [-0.1, -0.05) is 0 Å². The molecule has 1 atom stereocenters. The highest BCUT2D eigenvalue weighted by Crippen LogP contribution is 2.38.